The number of aryl methyl sites for hydroxylation is 1. The van der Waals surface area contributed by atoms with Crippen molar-refractivity contribution in [3.63, 3.8) is 0 Å². The molecule has 1 heterocycles. The number of carbonyl (C=O) groups excluding carboxylic acids is 1. The standard InChI is InChI=1S/C30H32FIN2O3S/c1-36-25-16-20(15-24(32)28(25)37-18-19-11-13-21(31)14-12-19)17-33-30-27(23-9-5-6-10-26(23)38-30)29(35)34-22-7-3-2-4-8-22/h11-17,22H,2-10,18H2,1H3,(H,34,35). The van der Waals surface area contributed by atoms with Gasteiger partial charge in [-0.1, -0.05) is 31.4 Å². The molecule has 8 heteroatoms. The predicted octanol–water partition coefficient (Wildman–Crippen LogP) is 7.77. The van der Waals surface area contributed by atoms with Gasteiger partial charge >= 0.3 is 0 Å². The van der Waals surface area contributed by atoms with Gasteiger partial charge in [0, 0.05) is 17.1 Å². The summed E-state index contributed by atoms with van der Waals surface area (Å²) in [6.45, 7) is 0.306. The number of rotatable bonds is 8. The summed E-state index contributed by atoms with van der Waals surface area (Å²) in [5.41, 5.74) is 3.70. The van der Waals surface area contributed by atoms with Crippen molar-refractivity contribution < 1.29 is 18.7 Å². The number of hydrogen-bond acceptors (Lipinski definition) is 5. The van der Waals surface area contributed by atoms with Crippen LogP contribution in [0.2, 0.25) is 0 Å². The fourth-order valence-corrected chi connectivity index (χ4v) is 7.22. The zero-order chi connectivity index (χ0) is 26.5. The largest absolute Gasteiger partial charge is 0.493 e. The van der Waals surface area contributed by atoms with E-state index in [4.69, 9.17) is 14.5 Å². The third kappa shape index (κ3) is 6.39. The third-order valence-electron chi connectivity index (χ3n) is 7.20. The number of ether oxygens (including phenoxy) is 2. The number of methoxy groups -OCH3 is 1. The molecule has 1 N–H and O–H groups in total. The highest BCUT2D eigenvalue weighted by Crippen LogP contribution is 2.40. The summed E-state index contributed by atoms with van der Waals surface area (Å²) < 4.78 is 25.8. The van der Waals surface area contributed by atoms with E-state index in [1.165, 1.54) is 41.8 Å². The van der Waals surface area contributed by atoms with Crippen LogP contribution < -0.4 is 14.8 Å². The molecule has 0 spiro atoms. The van der Waals surface area contributed by atoms with Crippen molar-refractivity contribution in [1.82, 2.24) is 5.32 Å². The molecule has 0 aliphatic heterocycles. The van der Waals surface area contributed by atoms with Crippen LogP contribution in [0.4, 0.5) is 9.39 Å². The van der Waals surface area contributed by atoms with E-state index in [-0.39, 0.29) is 17.8 Å². The second-order valence-electron chi connectivity index (χ2n) is 9.91. The van der Waals surface area contributed by atoms with Gasteiger partial charge in [-0.2, -0.15) is 0 Å². The van der Waals surface area contributed by atoms with Crippen LogP contribution in [0, 0.1) is 9.39 Å². The first-order chi connectivity index (χ1) is 18.5. The molecule has 1 amide bonds. The van der Waals surface area contributed by atoms with Gasteiger partial charge in [0.1, 0.15) is 17.4 Å². The van der Waals surface area contributed by atoms with Crippen molar-refractivity contribution in [2.75, 3.05) is 7.11 Å². The maximum Gasteiger partial charge on any atom is 0.254 e. The van der Waals surface area contributed by atoms with E-state index in [0.717, 1.165) is 63.8 Å². The summed E-state index contributed by atoms with van der Waals surface area (Å²) in [6, 6.07) is 10.4. The lowest BCUT2D eigenvalue weighted by atomic mass is 9.93. The molecule has 2 aliphatic carbocycles. The van der Waals surface area contributed by atoms with Crippen LogP contribution in [0.3, 0.4) is 0 Å². The second kappa shape index (κ2) is 12.6. The Kier molecular flexibility index (Phi) is 8.99. The minimum Gasteiger partial charge on any atom is -0.493 e. The molecular formula is C30H32FIN2O3S. The fraction of sp³-hybridized carbons (Fsp3) is 0.400. The van der Waals surface area contributed by atoms with Crippen LogP contribution in [0.15, 0.2) is 41.4 Å². The van der Waals surface area contributed by atoms with Gasteiger partial charge in [-0.25, -0.2) is 9.38 Å². The van der Waals surface area contributed by atoms with E-state index < -0.39 is 0 Å². The van der Waals surface area contributed by atoms with Gasteiger partial charge in [0.05, 0.1) is 16.2 Å². The summed E-state index contributed by atoms with van der Waals surface area (Å²) in [4.78, 5) is 19.6. The van der Waals surface area contributed by atoms with Gasteiger partial charge in [0.25, 0.3) is 5.91 Å². The fourth-order valence-electron chi connectivity index (χ4n) is 5.20. The highest BCUT2D eigenvalue weighted by Gasteiger charge is 2.27. The molecule has 5 rings (SSSR count). The van der Waals surface area contributed by atoms with Crippen molar-refractivity contribution >= 4 is 51.1 Å². The summed E-state index contributed by atoms with van der Waals surface area (Å²) in [5.74, 6) is 0.987. The molecule has 0 atom stereocenters. The lowest BCUT2D eigenvalue weighted by molar-refractivity contribution is 0.0927. The van der Waals surface area contributed by atoms with Crippen LogP contribution in [-0.2, 0) is 19.4 Å². The highest BCUT2D eigenvalue weighted by atomic mass is 127. The highest BCUT2D eigenvalue weighted by molar-refractivity contribution is 14.1. The van der Waals surface area contributed by atoms with Gasteiger partial charge < -0.3 is 14.8 Å². The zero-order valence-corrected chi connectivity index (χ0v) is 24.5. The van der Waals surface area contributed by atoms with E-state index in [9.17, 15) is 9.18 Å². The Morgan fingerprint density at radius 2 is 1.89 bits per heavy atom. The van der Waals surface area contributed by atoms with E-state index in [2.05, 4.69) is 27.9 Å². The average Bonchev–Trinajstić information content (AvgIpc) is 3.31. The van der Waals surface area contributed by atoms with E-state index in [1.54, 1.807) is 30.6 Å². The zero-order valence-electron chi connectivity index (χ0n) is 21.5. The van der Waals surface area contributed by atoms with Crippen molar-refractivity contribution in [3.05, 3.63) is 72.9 Å². The normalized spacial score (nSPS) is 15.9. The maximum atomic E-state index is 13.4. The summed E-state index contributed by atoms with van der Waals surface area (Å²) in [6.07, 6.45) is 11.8. The molecule has 3 aromatic rings. The number of nitrogens with one attached hydrogen (secondary N) is 1. The Morgan fingerprint density at radius 1 is 1.13 bits per heavy atom. The van der Waals surface area contributed by atoms with Crippen molar-refractivity contribution in [1.29, 1.82) is 0 Å². The Labute approximate surface area is 241 Å². The van der Waals surface area contributed by atoms with E-state index in [1.807, 2.05) is 18.3 Å². The number of carbonyl (C=O) groups is 1. The Hall–Kier alpha value is -2.46. The van der Waals surface area contributed by atoms with Gasteiger partial charge in [-0.15, -0.1) is 11.3 Å². The van der Waals surface area contributed by atoms with Gasteiger partial charge in [-0.3, -0.25) is 4.79 Å². The number of halogens is 2. The minimum atomic E-state index is -0.272. The van der Waals surface area contributed by atoms with Crippen LogP contribution in [0.5, 0.6) is 11.5 Å². The minimum absolute atomic E-state index is 0.0279. The Balaban J connectivity index is 1.37. The maximum absolute atomic E-state index is 13.4. The molecule has 38 heavy (non-hydrogen) atoms. The summed E-state index contributed by atoms with van der Waals surface area (Å²) in [7, 11) is 1.61. The third-order valence-corrected chi connectivity index (χ3v) is 9.20. The molecule has 1 saturated carbocycles. The van der Waals surface area contributed by atoms with Crippen LogP contribution in [0.25, 0.3) is 0 Å². The summed E-state index contributed by atoms with van der Waals surface area (Å²) >= 11 is 3.88. The molecule has 2 aromatic carbocycles. The van der Waals surface area contributed by atoms with Crippen molar-refractivity contribution in [3.8, 4) is 11.5 Å². The van der Waals surface area contributed by atoms with Crippen LogP contribution in [-0.4, -0.2) is 25.3 Å². The topological polar surface area (TPSA) is 59.9 Å². The number of amides is 1. The quantitative estimate of drug-likeness (QED) is 0.201. The molecule has 0 radical (unpaired) electrons. The average molecular weight is 647 g/mol. The number of thiophene rings is 1. The SMILES string of the molecule is COc1cc(C=Nc2sc3c(c2C(=O)NC2CCCCC2)CCCC3)cc(I)c1OCc1ccc(F)cc1. The molecule has 0 bridgehead atoms. The van der Waals surface area contributed by atoms with Gasteiger partial charge in [0.2, 0.25) is 0 Å². The first kappa shape index (κ1) is 27.1. The molecular weight excluding hydrogens is 614 g/mol. The summed E-state index contributed by atoms with van der Waals surface area (Å²) in [5, 5.41) is 4.10. The van der Waals surface area contributed by atoms with Gasteiger partial charge in [0.15, 0.2) is 11.5 Å². The number of nitrogens with zero attached hydrogens (tertiary/aromatic N) is 1. The van der Waals surface area contributed by atoms with Gasteiger partial charge in [-0.05, 0) is 102 Å². The lowest BCUT2D eigenvalue weighted by Gasteiger charge is -2.23. The molecule has 5 nitrogen and oxygen atoms in total. The number of benzene rings is 2. The molecule has 0 unspecified atom stereocenters. The van der Waals surface area contributed by atoms with Crippen LogP contribution >= 0.6 is 33.9 Å². The number of hydrogen-bond donors (Lipinski definition) is 1. The van der Waals surface area contributed by atoms with E-state index in [0.29, 0.717) is 18.1 Å². The van der Waals surface area contributed by atoms with Crippen LogP contribution in [0.1, 0.15) is 76.9 Å². The van der Waals surface area contributed by atoms with Crippen molar-refractivity contribution in [2.24, 2.45) is 4.99 Å². The van der Waals surface area contributed by atoms with Crippen molar-refractivity contribution in [2.45, 2.75) is 70.4 Å². The van der Waals surface area contributed by atoms with E-state index >= 15 is 0 Å². The first-order valence-corrected chi connectivity index (χ1v) is 15.2. The Bertz CT molecular complexity index is 1320. The molecule has 1 aromatic heterocycles. The number of fused-ring (bicyclic) bond motifs is 1. The first-order valence-electron chi connectivity index (χ1n) is 13.3. The monoisotopic (exact) mass is 646 g/mol. The number of aliphatic imine (C=N–C) groups is 1. The Morgan fingerprint density at radius 3 is 2.66 bits per heavy atom. The molecule has 1 fully saturated rings. The molecule has 0 saturated heterocycles. The molecule has 2 aliphatic rings. The lowest BCUT2D eigenvalue weighted by Crippen LogP contribution is -2.36. The smallest absolute Gasteiger partial charge is 0.254 e. The predicted molar refractivity (Wildman–Crippen MR) is 159 cm³/mol. The molecule has 200 valence electrons. The second-order valence-corrected chi connectivity index (χ2v) is 12.2.